The first-order valence-electron chi connectivity index (χ1n) is 8.02. The number of aromatic nitrogens is 2. The van der Waals surface area contributed by atoms with Crippen LogP contribution >= 0.6 is 12.4 Å². The first-order chi connectivity index (χ1) is 9.85. The van der Waals surface area contributed by atoms with Crippen LogP contribution in [0.2, 0.25) is 0 Å². The van der Waals surface area contributed by atoms with Crippen LogP contribution in [0.25, 0.3) is 0 Å². The fraction of sp³-hybridized carbons (Fsp3) is 0.750. The van der Waals surface area contributed by atoms with E-state index >= 15 is 0 Å². The smallest absolute Gasteiger partial charge is 0.272 e. The van der Waals surface area contributed by atoms with Crippen LogP contribution in [0.3, 0.4) is 0 Å². The average Bonchev–Trinajstić information content (AvgIpc) is 2.92. The Balaban J connectivity index is 0.00000144. The van der Waals surface area contributed by atoms with E-state index in [1.807, 2.05) is 4.68 Å². The summed E-state index contributed by atoms with van der Waals surface area (Å²) in [5.74, 6) is 0.0144. The number of rotatable bonds is 0. The SMILES string of the molecule is CC(C)(C)n1cc2c(n1)C(=O)NC1(C2)CC2CCC(C1)N2.Cl. The van der Waals surface area contributed by atoms with Crippen LogP contribution in [0.4, 0.5) is 0 Å². The molecule has 3 aliphatic heterocycles. The van der Waals surface area contributed by atoms with Gasteiger partial charge in [0.25, 0.3) is 5.91 Å². The molecule has 5 nitrogen and oxygen atoms in total. The second-order valence-corrected chi connectivity index (χ2v) is 8.08. The Bertz CT molecular complexity index is 592. The zero-order chi connectivity index (χ0) is 14.8. The van der Waals surface area contributed by atoms with Crippen LogP contribution in [0, 0.1) is 0 Å². The van der Waals surface area contributed by atoms with Gasteiger partial charge in [-0.1, -0.05) is 0 Å². The maximum atomic E-state index is 12.5. The summed E-state index contributed by atoms with van der Waals surface area (Å²) in [5, 5.41) is 11.5. The van der Waals surface area contributed by atoms with E-state index in [-0.39, 0.29) is 29.4 Å². The largest absolute Gasteiger partial charge is 0.345 e. The molecule has 1 spiro atoms. The number of amides is 1. The van der Waals surface area contributed by atoms with Crippen LogP contribution in [-0.4, -0.2) is 33.3 Å². The number of carbonyl (C=O) groups excluding carboxylic acids is 1. The van der Waals surface area contributed by atoms with Crippen LogP contribution in [0.5, 0.6) is 0 Å². The molecule has 1 amide bonds. The zero-order valence-corrected chi connectivity index (χ0v) is 14.3. The first kappa shape index (κ1) is 15.8. The summed E-state index contributed by atoms with van der Waals surface area (Å²) in [6.07, 6.45) is 7.61. The summed E-state index contributed by atoms with van der Waals surface area (Å²) >= 11 is 0. The van der Waals surface area contributed by atoms with Gasteiger partial charge in [-0.2, -0.15) is 5.10 Å². The van der Waals surface area contributed by atoms with Crippen molar-refractivity contribution >= 4 is 18.3 Å². The van der Waals surface area contributed by atoms with Crippen molar-refractivity contribution in [3.63, 3.8) is 0 Å². The monoisotopic (exact) mass is 324 g/mol. The molecule has 0 radical (unpaired) electrons. The van der Waals surface area contributed by atoms with Crippen molar-refractivity contribution in [2.45, 2.75) is 76.0 Å². The zero-order valence-electron chi connectivity index (χ0n) is 13.5. The van der Waals surface area contributed by atoms with Crippen LogP contribution in [-0.2, 0) is 12.0 Å². The number of piperidine rings is 1. The molecule has 4 heterocycles. The van der Waals surface area contributed by atoms with Crippen molar-refractivity contribution in [2.75, 3.05) is 0 Å². The molecule has 2 fully saturated rings. The molecule has 4 rings (SSSR count). The summed E-state index contributed by atoms with van der Waals surface area (Å²) in [7, 11) is 0. The van der Waals surface area contributed by atoms with Gasteiger partial charge in [-0.05, 0) is 52.9 Å². The van der Waals surface area contributed by atoms with Gasteiger partial charge in [0.05, 0.1) is 5.54 Å². The lowest BCUT2D eigenvalue weighted by Gasteiger charge is -2.43. The van der Waals surface area contributed by atoms with Crippen LogP contribution < -0.4 is 10.6 Å². The normalized spacial score (nSPS) is 33.3. The second kappa shape index (κ2) is 4.96. The van der Waals surface area contributed by atoms with Crippen molar-refractivity contribution in [3.8, 4) is 0 Å². The maximum absolute atomic E-state index is 12.5. The predicted molar refractivity (Wildman–Crippen MR) is 87.6 cm³/mol. The molecule has 1 aromatic heterocycles. The number of hydrogen-bond acceptors (Lipinski definition) is 3. The molecule has 122 valence electrons. The molecule has 0 aromatic carbocycles. The molecule has 22 heavy (non-hydrogen) atoms. The number of nitrogens with one attached hydrogen (secondary N) is 2. The van der Waals surface area contributed by atoms with E-state index in [2.05, 4.69) is 42.7 Å². The third kappa shape index (κ3) is 2.44. The van der Waals surface area contributed by atoms with Crippen molar-refractivity contribution in [3.05, 3.63) is 17.5 Å². The molecule has 2 N–H and O–H groups in total. The molecule has 6 heteroatoms. The van der Waals surface area contributed by atoms with Gasteiger partial charge in [-0.3, -0.25) is 9.48 Å². The van der Waals surface area contributed by atoms with Gasteiger partial charge in [-0.25, -0.2) is 0 Å². The number of carbonyl (C=O) groups is 1. The van der Waals surface area contributed by atoms with E-state index < -0.39 is 0 Å². The van der Waals surface area contributed by atoms with E-state index in [0.29, 0.717) is 17.8 Å². The van der Waals surface area contributed by atoms with E-state index in [0.717, 1.165) is 24.8 Å². The van der Waals surface area contributed by atoms with Crippen molar-refractivity contribution in [2.24, 2.45) is 0 Å². The summed E-state index contributed by atoms with van der Waals surface area (Å²) in [4.78, 5) is 12.5. The van der Waals surface area contributed by atoms with Gasteiger partial charge < -0.3 is 10.6 Å². The third-order valence-corrected chi connectivity index (χ3v) is 5.21. The number of halogens is 1. The second-order valence-electron chi connectivity index (χ2n) is 8.08. The maximum Gasteiger partial charge on any atom is 0.272 e. The van der Waals surface area contributed by atoms with Crippen molar-refractivity contribution in [1.82, 2.24) is 20.4 Å². The fourth-order valence-electron chi connectivity index (χ4n) is 4.28. The number of hydrogen-bond donors (Lipinski definition) is 2. The summed E-state index contributed by atoms with van der Waals surface area (Å²) in [5.41, 5.74) is 1.61. The molecular formula is C16H25ClN4O. The Kier molecular flexibility index (Phi) is 3.57. The fourth-order valence-corrected chi connectivity index (χ4v) is 4.28. The molecule has 0 aliphatic carbocycles. The highest BCUT2D eigenvalue weighted by molar-refractivity contribution is 5.95. The highest BCUT2D eigenvalue weighted by Crippen LogP contribution is 2.39. The topological polar surface area (TPSA) is 59.0 Å². The van der Waals surface area contributed by atoms with E-state index in [9.17, 15) is 4.79 Å². The number of nitrogens with zero attached hydrogens (tertiary/aromatic N) is 2. The van der Waals surface area contributed by atoms with Gasteiger partial charge in [-0.15, -0.1) is 12.4 Å². The molecule has 2 atom stereocenters. The van der Waals surface area contributed by atoms with E-state index in [1.165, 1.54) is 12.8 Å². The third-order valence-electron chi connectivity index (χ3n) is 5.21. The minimum Gasteiger partial charge on any atom is -0.345 e. The summed E-state index contributed by atoms with van der Waals surface area (Å²) in [6, 6.07) is 1.14. The molecule has 3 aliphatic rings. The van der Waals surface area contributed by atoms with Crippen LogP contribution in [0.15, 0.2) is 6.20 Å². The lowest BCUT2D eigenvalue weighted by atomic mass is 9.77. The van der Waals surface area contributed by atoms with Crippen molar-refractivity contribution < 1.29 is 4.79 Å². The first-order valence-corrected chi connectivity index (χ1v) is 8.02. The van der Waals surface area contributed by atoms with Gasteiger partial charge in [0.1, 0.15) is 0 Å². The quantitative estimate of drug-likeness (QED) is 0.767. The lowest BCUT2D eigenvalue weighted by molar-refractivity contribution is 0.0822. The Morgan fingerprint density at radius 3 is 2.50 bits per heavy atom. The lowest BCUT2D eigenvalue weighted by Crippen LogP contribution is -2.61. The van der Waals surface area contributed by atoms with E-state index in [4.69, 9.17) is 0 Å². The summed E-state index contributed by atoms with van der Waals surface area (Å²) < 4.78 is 1.94. The van der Waals surface area contributed by atoms with Crippen LogP contribution in [0.1, 0.15) is 62.5 Å². The summed E-state index contributed by atoms with van der Waals surface area (Å²) in [6.45, 7) is 6.34. The Morgan fingerprint density at radius 2 is 1.91 bits per heavy atom. The van der Waals surface area contributed by atoms with Gasteiger partial charge >= 0.3 is 0 Å². The minimum absolute atomic E-state index is 0. The predicted octanol–water partition coefficient (Wildman–Crippen LogP) is 2.00. The van der Waals surface area contributed by atoms with Gasteiger partial charge in [0.2, 0.25) is 0 Å². The highest BCUT2D eigenvalue weighted by Gasteiger charge is 2.47. The molecule has 0 saturated carbocycles. The molecular weight excluding hydrogens is 300 g/mol. The molecule has 2 bridgehead atoms. The van der Waals surface area contributed by atoms with E-state index in [1.54, 1.807) is 0 Å². The van der Waals surface area contributed by atoms with Crippen molar-refractivity contribution in [1.29, 1.82) is 0 Å². The standard InChI is InChI=1S/C16H24N4O.ClH/c1-15(2,3)20-9-10-6-16(18-14(21)13(10)19-20)7-11-4-5-12(8-16)17-11;/h9,11-12,17H,4-8H2,1-3H3,(H,18,21);1H. The molecule has 1 aromatic rings. The number of fused-ring (bicyclic) bond motifs is 3. The minimum atomic E-state index is -0.0854. The highest BCUT2D eigenvalue weighted by atomic mass is 35.5. The van der Waals surface area contributed by atoms with Gasteiger partial charge in [0, 0.05) is 29.4 Å². The average molecular weight is 325 g/mol. The Hall–Kier alpha value is -1.07. The Labute approximate surface area is 137 Å². The Morgan fingerprint density at radius 1 is 1.27 bits per heavy atom. The van der Waals surface area contributed by atoms with Gasteiger partial charge in [0.15, 0.2) is 5.69 Å². The molecule has 2 saturated heterocycles. The molecule has 2 unspecified atom stereocenters.